The Labute approximate surface area is 181 Å². The van der Waals surface area contributed by atoms with E-state index in [0.717, 1.165) is 12.8 Å². The van der Waals surface area contributed by atoms with E-state index in [4.69, 9.17) is 0 Å². The molecule has 3 amide bonds. The molecule has 7 nitrogen and oxygen atoms in total. The molecule has 3 N–H and O–H groups in total. The molecule has 2 aromatic carbocycles. The average molecular weight is 426 g/mol. The van der Waals surface area contributed by atoms with Gasteiger partial charge in [-0.1, -0.05) is 19.1 Å². The van der Waals surface area contributed by atoms with E-state index >= 15 is 0 Å². The summed E-state index contributed by atoms with van der Waals surface area (Å²) < 4.78 is 13.4. The zero-order chi connectivity index (χ0) is 22.4. The third-order valence-electron chi connectivity index (χ3n) is 4.96. The Balaban J connectivity index is 1.70. The molecule has 164 valence electrons. The molecule has 1 aliphatic rings. The Morgan fingerprint density at radius 2 is 1.58 bits per heavy atom. The summed E-state index contributed by atoms with van der Waals surface area (Å²) in [4.78, 5) is 38.5. The van der Waals surface area contributed by atoms with Gasteiger partial charge in [-0.25, -0.2) is 4.39 Å². The van der Waals surface area contributed by atoms with Crippen LogP contribution in [-0.2, 0) is 14.4 Å². The van der Waals surface area contributed by atoms with E-state index in [1.165, 1.54) is 19.1 Å². The Kier molecular flexibility index (Phi) is 7.36. The molecule has 31 heavy (non-hydrogen) atoms. The highest BCUT2D eigenvalue weighted by atomic mass is 19.1. The van der Waals surface area contributed by atoms with E-state index in [1.54, 1.807) is 41.3 Å². The van der Waals surface area contributed by atoms with Gasteiger partial charge in [0.1, 0.15) is 11.9 Å². The summed E-state index contributed by atoms with van der Waals surface area (Å²) in [6.45, 7) is 3.74. The van der Waals surface area contributed by atoms with Gasteiger partial charge in [0.25, 0.3) is 0 Å². The number of likely N-dealkylation sites (N-methyl/N-ethyl adjacent to an activating group) is 1. The number of benzene rings is 2. The van der Waals surface area contributed by atoms with Crippen LogP contribution in [0.4, 0.5) is 15.8 Å². The summed E-state index contributed by atoms with van der Waals surface area (Å²) in [6, 6.07) is 12.0. The summed E-state index contributed by atoms with van der Waals surface area (Å²) >= 11 is 0. The van der Waals surface area contributed by atoms with Crippen molar-refractivity contribution in [3.05, 3.63) is 59.9 Å². The summed E-state index contributed by atoms with van der Waals surface area (Å²) in [7, 11) is 0. The molecule has 0 heterocycles. The fourth-order valence-corrected chi connectivity index (χ4v) is 3.29. The van der Waals surface area contributed by atoms with Crippen molar-refractivity contribution in [1.82, 2.24) is 10.2 Å². The highest BCUT2D eigenvalue weighted by molar-refractivity contribution is 5.94. The summed E-state index contributed by atoms with van der Waals surface area (Å²) in [5, 5.41) is 8.46. The minimum atomic E-state index is -0.695. The van der Waals surface area contributed by atoms with Crippen LogP contribution in [0, 0.1) is 5.82 Å². The fourth-order valence-electron chi connectivity index (χ4n) is 3.29. The van der Waals surface area contributed by atoms with Crippen molar-refractivity contribution in [3.8, 4) is 0 Å². The van der Waals surface area contributed by atoms with E-state index in [1.807, 2.05) is 6.92 Å². The average Bonchev–Trinajstić information content (AvgIpc) is 3.54. The second kappa shape index (κ2) is 10.2. The van der Waals surface area contributed by atoms with Gasteiger partial charge in [-0.3, -0.25) is 19.3 Å². The molecule has 0 saturated heterocycles. The molecule has 0 bridgehead atoms. The van der Waals surface area contributed by atoms with Gasteiger partial charge < -0.3 is 16.0 Å². The fraction of sp³-hybridized carbons (Fsp3) is 0.348. The lowest BCUT2D eigenvalue weighted by molar-refractivity contribution is -0.128. The van der Waals surface area contributed by atoms with Gasteiger partial charge in [0.2, 0.25) is 17.7 Å². The molecule has 1 aliphatic carbocycles. The van der Waals surface area contributed by atoms with Crippen LogP contribution < -0.4 is 16.0 Å². The van der Waals surface area contributed by atoms with E-state index in [-0.39, 0.29) is 36.1 Å². The Hall–Kier alpha value is -3.26. The van der Waals surface area contributed by atoms with Crippen LogP contribution in [0.2, 0.25) is 0 Å². The van der Waals surface area contributed by atoms with E-state index in [2.05, 4.69) is 16.0 Å². The number of anilines is 2. The normalized spacial score (nSPS) is 14.1. The first-order chi connectivity index (χ1) is 14.9. The molecule has 0 radical (unpaired) electrons. The van der Waals surface area contributed by atoms with Crippen LogP contribution in [-0.4, -0.2) is 41.8 Å². The minimum Gasteiger partial charge on any atom is -0.352 e. The molecule has 1 saturated carbocycles. The molecule has 0 aliphatic heterocycles. The highest BCUT2D eigenvalue weighted by Gasteiger charge is 2.32. The van der Waals surface area contributed by atoms with Crippen molar-refractivity contribution < 1.29 is 18.8 Å². The van der Waals surface area contributed by atoms with Crippen LogP contribution in [0.1, 0.15) is 38.3 Å². The molecule has 1 atom stereocenters. The summed E-state index contributed by atoms with van der Waals surface area (Å²) in [5.41, 5.74) is 1.85. The number of carbonyl (C=O) groups excluding carboxylic acids is 3. The van der Waals surface area contributed by atoms with E-state index < -0.39 is 6.04 Å². The van der Waals surface area contributed by atoms with Gasteiger partial charge in [-0.2, -0.15) is 0 Å². The van der Waals surface area contributed by atoms with Crippen molar-refractivity contribution in [3.63, 3.8) is 0 Å². The Bertz CT molecular complexity index is 927. The number of rotatable bonds is 9. The topological polar surface area (TPSA) is 90.5 Å². The van der Waals surface area contributed by atoms with Gasteiger partial charge in [-0.05, 0) is 61.3 Å². The van der Waals surface area contributed by atoms with Gasteiger partial charge in [0, 0.05) is 24.3 Å². The van der Waals surface area contributed by atoms with Crippen LogP contribution in [0.5, 0.6) is 0 Å². The number of carbonyl (C=O) groups is 3. The second-order valence-corrected chi connectivity index (χ2v) is 7.61. The lowest BCUT2D eigenvalue weighted by Crippen LogP contribution is -2.44. The van der Waals surface area contributed by atoms with Crippen molar-refractivity contribution in [2.24, 2.45) is 0 Å². The molecule has 8 heteroatoms. The van der Waals surface area contributed by atoms with Crippen molar-refractivity contribution in [1.29, 1.82) is 0 Å². The lowest BCUT2D eigenvalue weighted by atomic mass is 10.0. The first-order valence-corrected chi connectivity index (χ1v) is 10.3. The van der Waals surface area contributed by atoms with Crippen LogP contribution in [0.15, 0.2) is 48.5 Å². The van der Waals surface area contributed by atoms with Crippen LogP contribution >= 0.6 is 0 Å². The maximum atomic E-state index is 13.4. The number of hydrogen-bond donors (Lipinski definition) is 3. The SMILES string of the molecule is CCN(CC(=O)Nc1ccc(NC(C)=O)cc1)C(C(=O)NC1CC1)c1ccc(F)cc1. The zero-order valence-electron chi connectivity index (χ0n) is 17.7. The van der Waals surface area contributed by atoms with Crippen molar-refractivity contribution in [2.75, 3.05) is 23.7 Å². The number of halogens is 1. The Morgan fingerprint density at radius 3 is 2.10 bits per heavy atom. The third kappa shape index (κ3) is 6.62. The number of nitrogens with one attached hydrogen (secondary N) is 3. The van der Waals surface area contributed by atoms with Gasteiger partial charge >= 0.3 is 0 Å². The van der Waals surface area contributed by atoms with E-state index in [0.29, 0.717) is 23.5 Å². The molecular formula is C23H27FN4O3. The molecule has 0 aromatic heterocycles. The smallest absolute Gasteiger partial charge is 0.242 e. The van der Waals surface area contributed by atoms with Crippen molar-refractivity contribution >= 4 is 29.1 Å². The largest absolute Gasteiger partial charge is 0.352 e. The van der Waals surface area contributed by atoms with Gasteiger partial charge in [0.15, 0.2) is 0 Å². The predicted octanol–water partition coefficient (Wildman–Crippen LogP) is 3.06. The molecule has 2 aromatic rings. The quantitative estimate of drug-likeness (QED) is 0.575. The van der Waals surface area contributed by atoms with Gasteiger partial charge in [0.05, 0.1) is 6.54 Å². The third-order valence-corrected chi connectivity index (χ3v) is 4.96. The Morgan fingerprint density at radius 1 is 1.00 bits per heavy atom. The first-order valence-electron chi connectivity index (χ1n) is 10.3. The van der Waals surface area contributed by atoms with Crippen LogP contribution in [0.3, 0.4) is 0 Å². The highest BCUT2D eigenvalue weighted by Crippen LogP contribution is 2.25. The molecule has 0 spiro atoms. The molecule has 1 unspecified atom stereocenters. The minimum absolute atomic E-state index is 0.00984. The van der Waals surface area contributed by atoms with Crippen LogP contribution in [0.25, 0.3) is 0 Å². The monoisotopic (exact) mass is 426 g/mol. The molecular weight excluding hydrogens is 399 g/mol. The number of nitrogens with zero attached hydrogens (tertiary/aromatic N) is 1. The van der Waals surface area contributed by atoms with Crippen molar-refractivity contribution in [2.45, 2.75) is 38.8 Å². The molecule has 3 rings (SSSR count). The summed E-state index contributed by atoms with van der Waals surface area (Å²) in [6.07, 6.45) is 1.89. The molecule has 1 fully saturated rings. The summed E-state index contributed by atoms with van der Waals surface area (Å²) in [5.74, 6) is -1.02. The number of amides is 3. The second-order valence-electron chi connectivity index (χ2n) is 7.61. The predicted molar refractivity (Wildman–Crippen MR) is 117 cm³/mol. The first kappa shape index (κ1) is 22.4. The lowest BCUT2D eigenvalue weighted by Gasteiger charge is -2.29. The maximum Gasteiger partial charge on any atom is 0.242 e. The number of hydrogen-bond acceptors (Lipinski definition) is 4. The zero-order valence-corrected chi connectivity index (χ0v) is 17.7. The maximum absolute atomic E-state index is 13.4. The van der Waals surface area contributed by atoms with Gasteiger partial charge in [-0.15, -0.1) is 0 Å². The standard InChI is InChI=1S/C23H27FN4O3/c1-3-28(14-21(30)26-19-10-8-18(9-11-19)25-15(2)29)22(23(31)27-20-12-13-20)16-4-6-17(24)7-5-16/h4-11,20,22H,3,12-14H2,1-2H3,(H,25,29)(H,26,30)(H,27,31). The van der Waals surface area contributed by atoms with E-state index in [9.17, 15) is 18.8 Å².